The second-order valence-electron chi connectivity index (χ2n) is 31.6. The monoisotopic (exact) mass is 1270 g/mol. The van der Waals surface area contributed by atoms with Gasteiger partial charge < -0.3 is 45.1 Å². The van der Waals surface area contributed by atoms with Gasteiger partial charge in [0, 0.05) is 6.54 Å². The second kappa shape index (κ2) is 27.7. The van der Waals surface area contributed by atoms with Gasteiger partial charge in [-0.1, -0.05) is 39.0 Å². The maximum Gasteiger partial charge on any atom is 0.411 e. The number of nitrogens with one attached hydrogen (secondary N) is 1. The SMILES string of the molecule is CC(C)(C)OC(=O)N1CCC[C@@H]1C(=O)Oc1ccc2c(c1)CCC1C2CC[C@@]2(C)C1CC[C@@H]2O.CN1CCC[C@@H]1C(=O)O.C[C@]12CCC3c4ccc(O)cc4CCC3C1CC[C@@H]2O.C[C@]12CCC3c4ccc(OC(=O)[C@H]5CCCN5)cc4CCC3C1CC[C@@H]2O.[2H]C#C. The van der Waals surface area contributed by atoms with Gasteiger partial charge in [0.2, 0.25) is 0 Å². The number of likely N-dealkylation sites (tertiary alicyclic amines) is 2. The van der Waals surface area contributed by atoms with Crippen LogP contribution in [-0.4, -0.2) is 128 Å². The number of phenolic OH excluding ortho intramolecular Hbond substituents is 1. The third-order valence-corrected chi connectivity index (χ3v) is 25.7. The molecule has 0 spiro atoms. The van der Waals surface area contributed by atoms with E-state index in [-0.39, 0.29) is 58.6 Å². The lowest BCUT2D eigenvalue weighted by Gasteiger charge is -2.50. The van der Waals surface area contributed by atoms with Crippen molar-refractivity contribution in [1.82, 2.24) is 15.1 Å². The molecule has 0 aromatic heterocycles. The fraction of sp³-hybridized carbons (Fsp3) is 0.688. The van der Waals surface area contributed by atoms with Gasteiger partial charge in [-0.05, 0) is 334 Å². The summed E-state index contributed by atoms with van der Waals surface area (Å²) in [5.41, 5.74) is 8.11. The van der Waals surface area contributed by atoms with Gasteiger partial charge in [-0.15, -0.1) is 12.8 Å². The number of phenols is 1. The number of benzene rings is 3. The molecule has 6 saturated carbocycles. The molecule has 0 radical (unpaired) electrons. The number of carboxylic acids is 1. The van der Waals surface area contributed by atoms with Gasteiger partial charge in [-0.25, -0.2) is 14.4 Å². The quantitative estimate of drug-likeness (QED) is 0.0796. The molecule has 9 aliphatic carbocycles. The lowest BCUT2D eigenvalue weighted by molar-refractivity contribution is -0.142. The molecule has 15 heteroatoms. The minimum atomic E-state index is -0.685. The molecule has 9 fully saturated rings. The minimum absolute atomic E-state index is 0.0788. The molecule has 9 unspecified atom stereocenters. The molecular weight excluding hydrogens is 1160 g/mol. The Bertz CT molecular complexity index is 3230. The number of carboxylic acid groups (broad SMARTS) is 1. The fourth-order valence-electron chi connectivity index (χ4n) is 20.8. The zero-order valence-electron chi connectivity index (χ0n) is 57.0. The highest BCUT2D eigenvalue weighted by molar-refractivity contribution is 5.84. The number of carbonyl (C=O) groups excluding carboxylic acids is 3. The standard InChI is InChI=1S/C28H39NO5.C23H31NO3.C18H24O2.C6H11NO2.C2H2/c1-27(2,3)34-26(32)29-15-5-6-23(29)25(31)33-18-8-10-19-17(16-18)7-9-21-20(19)13-14-28(4)22(21)11-12-24(28)30;1-23-11-10-17-16-7-5-15(27-22(26)20-3-2-12-24-20)13-14(16)4-6-18(17)19(23)8-9-21(23)25;1-18-9-8-14-13-5-3-12(19)10-11(13)2-4-15(14)16(18)6-7-17(18)20;1-7-4-2-3-5(7)6(8)9;1-2/h8,10,16,20-24,30H,5-7,9,11-15H2,1-4H3;5,7,13,17-21,24-25H,2-4,6,8-12H2,1H3;3,5,10,14-17,19-20H,2,4,6-9H2,1H3;5H,2-4H2,1H3,(H,8,9);1-2H/t20?,21?,22?,23-,24+,28+;17?,18?,19?,20-,21+,23+;14?,15?,16?,17-,18-;5-;/m1101./s1/i;;;;1D. The predicted octanol–water partition coefficient (Wildman–Crippen LogP) is 12.8. The van der Waals surface area contributed by atoms with Gasteiger partial charge in [-0.2, -0.15) is 0 Å². The van der Waals surface area contributed by atoms with Crippen LogP contribution in [-0.2, 0) is 38.4 Å². The summed E-state index contributed by atoms with van der Waals surface area (Å²) in [6.45, 7) is 14.8. The van der Waals surface area contributed by atoms with Crippen LogP contribution in [0.25, 0.3) is 0 Å². The van der Waals surface area contributed by atoms with E-state index in [1.54, 1.807) is 0 Å². The second-order valence-corrected chi connectivity index (χ2v) is 31.6. The number of aromatic hydroxyl groups is 1. The van der Waals surface area contributed by atoms with Crippen LogP contribution < -0.4 is 14.8 Å². The Morgan fingerprint density at radius 2 is 1.01 bits per heavy atom. The lowest BCUT2D eigenvalue weighted by atomic mass is 9.55. The number of nitrogens with zero attached hydrogens (tertiary/aromatic N) is 2. The van der Waals surface area contributed by atoms with Crippen LogP contribution in [0.3, 0.4) is 0 Å². The van der Waals surface area contributed by atoms with Crippen molar-refractivity contribution in [3.05, 3.63) is 88.0 Å². The summed E-state index contributed by atoms with van der Waals surface area (Å²) in [5, 5.41) is 52.9. The highest BCUT2D eigenvalue weighted by Gasteiger charge is 2.57. The molecule has 92 heavy (non-hydrogen) atoms. The molecule has 3 saturated heterocycles. The number of aliphatic hydroxyl groups is 3. The summed E-state index contributed by atoms with van der Waals surface area (Å²) in [4.78, 5) is 51.6. The Hall–Kier alpha value is -5.50. The molecule has 6 N–H and O–H groups in total. The van der Waals surface area contributed by atoms with E-state index in [9.17, 15) is 39.6 Å². The van der Waals surface area contributed by atoms with Crippen molar-refractivity contribution in [2.75, 3.05) is 26.7 Å². The Morgan fingerprint density at radius 3 is 1.42 bits per heavy atom. The first kappa shape index (κ1) is 66.5. The first-order chi connectivity index (χ1) is 44.3. The molecule has 15 nitrogen and oxygen atoms in total. The number of esters is 2. The summed E-state index contributed by atoms with van der Waals surface area (Å²) < 4.78 is 22.7. The zero-order chi connectivity index (χ0) is 66.3. The number of rotatable bonds is 5. The van der Waals surface area contributed by atoms with Crippen LogP contribution in [0.5, 0.6) is 17.2 Å². The average Bonchev–Trinajstić information content (AvgIpc) is 1.73. The molecular formula is C77H107N3O12. The van der Waals surface area contributed by atoms with Gasteiger partial charge >= 0.3 is 24.0 Å². The summed E-state index contributed by atoms with van der Waals surface area (Å²) in [6.07, 6.45) is 30.0. The van der Waals surface area contributed by atoms with E-state index < -0.39 is 23.7 Å². The number of likely N-dealkylation sites (N-methyl/N-ethyl adjacent to an activating group) is 1. The number of ether oxygens (including phenoxy) is 3. The normalized spacial score (nSPS) is 36.8. The van der Waals surface area contributed by atoms with Gasteiger partial charge in [0.15, 0.2) is 0 Å². The topological polar surface area (TPSA) is 216 Å². The van der Waals surface area contributed by atoms with Crippen molar-refractivity contribution in [2.45, 2.75) is 255 Å². The predicted molar refractivity (Wildman–Crippen MR) is 354 cm³/mol. The lowest BCUT2D eigenvalue weighted by Crippen LogP contribution is -2.45. The molecule has 0 bridgehead atoms. The van der Waals surface area contributed by atoms with Crippen LogP contribution in [0.1, 0.15) is 229 Å². The fourth-order valence-corrected chi connectivity index (χ4v) is 20.8. The highest BCUT2D eigenvalue weighted by Crippen LogP contribution is 2.64. The number of carbonyl (C=O) groups is 4. The maximum absolute atomic E-state index is 13.0. The van der Waals surface area contributed by atoms with Crippen molar-refractivity contribution >= 4 is 24.0 Å². The highest BCUT2D eigenvalue weighted by atomic mass is 16.6. The van der Waals surface area contributed by atoms with E-state index in [1.807, 2.05) is 63.1 Å². The smallest absolute Gasteiger partial charge is 0.411 e. The van der Waals surface area contributed by atoms with Crippen molar-refractivity contribution in [2.24, 2.45) is 51.8 Å². The molecule has 3 heterocycles. The molecule has 15 rings (SSSR count). The van der Waals surface area contributed by atoms with Crippen LogP contribution >= 0.6 is 0 Å². The van der Waals surface area contributed by atoms with E-state index in [0.717, 1.165) is 128 Å². The summed E-state index contributed by atoms with van der Waals surface area (Å²) in [6, 6.07) is 17.4. The van der Waals surface area contributed by atoms with Crippen LogP contribution in [0, 0.1) is 64.6 Å². The van der Waals surface area contributed by atoms with Crippen molar-refractivity contribution in [1.29, 1.82) is 0 Å². The molecule has 3 aliphatic heterocycles. The number of fused-ring (bicyclic) bond motifs is 15. The number of aryl methyl sites for hydroxylation is 3. The third kappa shape index (κ3) is 13.4. The average molecular weight is 1270 g/mol. The van der Waals surface area contributed by atoms with Crippen LogP contribution in [0.2, 0.25) is 0 Å². The number of hydrogen-bond acceptors (Lipinski definition) is 13. The van der Waals surface area contributed by atoms with E-state index >= 15 is 0 Å². The Kier molecular flexibility index (Phi) is 20.0. The molecule has 18 atom stereocenters. The largest absolute Gasteiger partial charge is 0.508 e. The number of aliphatic carboxylic acids is 1. The molecule has 502 valence electrons. The molecule has 3 aromatic rings. The van der Waals surface area contributed by atoms with Gasteiger partial charge in [-0.3, -0.25) is 14.6 Å². The number of aliphatic hydroxyl groups excluding tert-OH is 3. The van der Waals surface area contributed by atoms with Crippen molar-refractivity contribution in [3.8, 4) is 30.1 Å². The molecule has 12 aliphatic rings. The zero-order valence-corrected chi connectivity index (χ0v) is 56.0. The van der Waals surface area contributed by atoms with Crippen LogP contribution in [0.15, 0.2) is 54.6 Å². The molecule has 1 amide bonds. The Balaban J connectivity index is 0.000000134. The summed E-state index contributed by atoms with van der Waals surface area (Å²) >= 11 is 0. The van der Waals surface area contributed by atoms with E-state index in [0.29, 0.717) is 77.6 Å². The van der Waals surface area contributed by atoms with Crippen molar-refractivity contribution in [3.63, 3.8) is 0 Å². The van der Waals surface area contributed by atoms with Crippen LogP contribution in [0.4, 0.5) is 4.79 Å². The van der Waals surface area contributed by atoms with E-state index in [1.165, 1.54) is 83.2 Å². The minimum Gasteiger partial charge on any atom is -0.508 e. The Morgan fingerprint density at radius 1 is 0.576 bits per heavy atom. The number of terminal acetylenes is 1. The maximum atomic E-state index is 13.0. The van der Waals surface area contributed by atoms with Gasteiger partial charge in [0.05, 0.1) is 18.3 Å². The molecule has 3 aromatic carbocycles. The first-order valence-corrected chi connectivity index (χ1v) is 35.4. The number of amides is 1. The van der Waals surface area contributed by atoms with Gasteiger partial charge in [0.25, 0.3) is 0 Å². The third-order valence-electron chi connectivity index (χ3n) is 25.7. The van der Waals surface area contributed by atoms with Crippen molar-refractivity contribution < 1.29 is 60.3 Å². The number of hydrogen-bond donors (Lipinski definition) is 6. The van der Waals surface area contributed by atoms with E-state index in [2.05, 4.69) is 56.8 Å². The first-order valence-electron chi connectivity index (χ1n) is 35.9. The van der Waals surface area contributed by atoms with E-state index in [4.69, 9.17) is 20.7 Å². The summed E-state index contributed by atoms with van der Waals surface area (Å²) in [5.74, 6) is 6.28. The van der Waals surface area contributed by atoms with Gasteiger partial charge in [0.1, 0.15) is 42.3 Å². The summed E-state index contributed by atoms with van der Waals surface area (Å²) in [7, 11) is 1.85. The Labute approximate surface area is 548 Å².